The van der Waals surface area contributed by atoms with Gasteiger partial charge in [0.15, 0.2) is 0 Å². The number of ether oxygens (including phenoxy) is 3. The molecule has 0 unspecified atom stereocenters. The van der Waals surface area contributed by atoms with Gasteiger partial charge in [0.2, 0.25) is 0 Å². The van der Waals surface area contributed by atoms with Crippen LogP contribution >= 0.6 is 0 Å². The average molecular weight is 294 g/mol. The predicted molar refractivity (Wildman–Crippen MR) is 74.3 cm³/mol. The van der Waals surface area contributed by atoms with Gasteiger partial charge in [-0.15, -0.1) is 0 Å². The summed E-state index contributed by atoms with van der Waals surface area (Å²) >= 11 is 0. The van der Waals surface area contributed by atoms with Crippen LogP contribution in [-0.2, 0) is 14.2 Å². The van der Waals surface area contributed by atoms with Crippen LogP contribution in [0.15, 0.2) is 18.2 Å². The molecule has 1 rings (SSSR count). The molecule has 0 fully saturated rings. The Morgan fingerprint density at radius 1 is 0.762 bits per heavy atom. The number of benzene rings is 1. The molecule has 0 atom stereocenters. The molecule has 114 valence electrons. The Hall–Kier alpha value is -2.37. The van der Waals surface area contributed by atoms with Gasteiger partial charge in [0.25, 0.3) is 0 Å². The van der Waals surface area contributed by atoms with Crippen LogP contribution in [0.25, 0.3) is 0 Å². The summed E-state index contributed by atoms with van der Waals surface area (Å²) in [6.07, 6.45) is 0. The van der Waals surface area contributed by atoms with Crippen molar-refractivity contribution in [1.82, 2.24) is 0 Å². The van der Waals surface area contributed by atoms with Crippen molar-refractivity contribution in [2.45, 2.75) is 20.8 Å². The van der Waals surface area contributed by atoms with Crippen molar-refractivity contribution in [1.29, 1.82) is 0 Å². The highest BCUT2D eigenvalue weighted by molar-refractivity contribution is 6.05. The minimum atomic E-state index is -0.688. The van der Waals surface area contributed by atoms with Crippen molar-refractivity contribution >= 4 is 17.9 Å². The highest BCUT2D eigenvalue weighted by atomic mass is 16.5. The zero-order valence-corrected chi connectivity index (χ0v) is 12.3. The van der Waals surface area contributed by atoms with E-state index in [1.165, 1.54) is 18.2 Å². The molecule has 0 bridgehead atoms. The molecule has 21 heavy (non-hydrogen) atoms. The standard InChI is InChI=1S/C15H18O6/c1-4-19-13(16)10-7-8-11(14(17)20-5-2)12(9-10)15(18)21-6-3/h7-9H,4-6H2,1-3H3. The topological polar surface area (TPSA) is 78.9 Å². The van der Waals surface area contributed by atoms with Crippen molar-refractivity contribution in [3.63, 3.8) is 0 Å². The van der Waals surface area contributed by atoms with Gasteiger partial charge in [-0.3, -0.25) is 0 Å². The summed E-state index contributed by atoms with van der Waals surface area (Å²) in [5, 5.41) is 0. The Morgan fingerprint density at radius 3 is 1.76 bits per heavy atom. The smallest absolute Gasteiger partial charge is 0.339 e. The first-order valence-corrected chi connectivity index (χ1v) is 6.70. The molecule has 6 heteroatoms. The van der Waals surface area contributed by atoms with E-state index in [2.05, 4.69) is 0 Å². The van der Waals surface area contributed by atoms with E-state index >= 15 is 0 Å². The molecule has 0 aliphatic heterocycles. The second-order valence-corrected chi connectivity index (χ2v) is 3.92. The van der Waals surface area contributed by atoms with E-state index in [-0.39, 0.29) is 36.5 Å². The molecular formula is C15H18O6. The molecule has 0 saturated heterocycles. The monoisotopic (exact) mass is 294 g/mol. The van der Waals surface area contributed by atoms with Gasteiger partial charge in [0.1, 0.15) is 0 Å². The minimum Gasteiger partial charge on any atom is -0.462 e. The zero-order valence-electron chi connectivity index (χ0n) is 12.3. The average Bonchev–Trinajstić information content (AvgIpc) is 2.47. The van der Waals surface area contributed by atoms with E-state index in [1.54, 1.807) is 20.8 Å². The van der Waals surface area contributed by atoms with Crippen molar-refractivity contribution < 1.29 is 28.6 Å². The summed E-state index contributed by atoms with van der Waals surface area (Å²) in [5.41, 5.74) is 0.220. The first kappa shape index (κ1) is 16.7. The van der Waals surface area contributed by atoms with Crippen molar-refractivity contribution in [3.05, 3.63) is 34.9 Å². The minimum absolute atomic E-state index is 0.0131. The van der Waals surface area contributed by atoms with Crippen molar-refractivity contribution in [2.75, 3.05) is 19.8 Å². The number of hydrogen-bond acceptors (Lipinski definition) is 6. The zero-order chi connectivity index (χ0) is 15.8. The number of esters is 3. The predicted octanol–water partition coefficient (Wildman–Crippen LogP) is 2.22. The second kappa shape index (κ2) is 8.04. The van der Waals surface area contributed by atoms with Crippen LogP contribution in [0.5, 0.6) is 0 Å². The van der Waals surface area contributed by atoms with Crippen LogP contribution in [0.4, 0.5) is 0 Å². The van der Waals surface area contributed by atoms with Gasteiger partial charge in [-0.05, 0) is 39.0 Å². The summed E-state index contributed by atoms with van der Waals surface area (Å²) in [5.74, 6) is -1.90. The van der Waals surface area contributed by atoms with Gasteiger partial charge in [-0.2, -0.15) is 0 Å². The van der Waals surface area contributed by atoms with Crippen LogP contribution in [0.2, 0.25) is 0 Å². The maximum Gasteiger partial charge on any atom is 0.339 e. The molecule has 0 aromatic heterocycles. The highest BCUT2D eigenvalue weighted by Gasteiger charge is 2.21. The molecule has 0 N–H and O–H groups in total. The summed E-state index contributed by atoms with van der Waals surface area (Å²) in [6, 6.07) is 4.05. The van der Waals surface area contributed by atoms with Crippen LogP contribution in [0.1, 0.15) is 51.8 Å². The molecule has 0 aliphatic rings. The Kier molecular flexibility index (Phi) is 6.39. The molecule has 0 heterocycles. The van der Waals surface area contributed by atoms with Crippen molar-refractivity contribution in [2.24, 2.45) is 0 Å². The quantitative estimate of drug-likeness (QED) is 0.591. The van der Waals surface area contributed by atoms with Crippen LogP contribution < -0.4 is 0 Å². The van der Waals surface area contributed by atoms with Crippen LogP contribution in [-0.4, -0.2) is 37.7 Å². The van der Waals surface area contributed by atoms with Crippen LogP contribution in [0, 0.1) is 0 Å². The number of carbonyl (C=O) groups excluding carboxylic acids is 3. The second-order valence-electron chi connectivity index (χ2n) is 3.92. The lowest BCUT2D eigenvalue weighted by molar-refractivity contribution is 0.0476. The maximum absolute atomic E-state index is 11.9. The number of rotatable bonds is 6. The summed E-state index contributed by atoms with van der Waals surface area (Å²) < 4.78 is 14.6. The molecule has 0 spiro atoms. The van der Waals surface area contributed by atoms with E-state index in [4.69, 9.17) is 14.2 Å². The van der Waals surface area contributed by atoms with E-state index < -0.39 is 17.9 Å². The molecule has 0 saturated carbocycles. The molecule has 0 radical (unpaired) electrons. The molecule has 1 aromatic carbocycles. The fourth-order valence-corrected chi connectivity index (χ4v) is 1.65. The molecular weight excluding hydrogens is 276 g/mol. The third kappa shape index (κ3) is 4.30. The van der Waals surface area contributed by atoms with Gasteiger partial charge >= 0.3 is 17.9 Å². The Labute approximate surface area is 123 Å². The van der Waals surface area contributed by atoms with Gasteiger partial charge in [0.05, 0.1) is 36.5 Å². The molecule has 0 amide bonds. The van der Waals surface area contributed by atoms with Gasteiger partial charge in [-0.1, -0.05) is 0 Å². The molecule has 0 aliphatic carbocycles. The van der Waals surface area contributed by atoms with E-state index in [9.17, 15) is 14.4 Å². The highest BCUT2D eigenvalue weighted by Crippen LogP contribution is 2.16. The van der Waals surface area contributed by atoms with Gasteiger partial charge < -0.3 is 14.2 Å². The Morgan fingerprint density at radius 2 is 1.24 bits per heavy atom. The third-order valence-corrected chi connectivity index (χ3v) is 2.52. The van der Waals surface area contributed by atoms with Crippen LogP contribution in [0.3, 0.4) is 0 Å². The largest absolute Gasteiger partial charge is 0.462 e. The normalized spacial score (nSPS) is 9.86. The first-order valence-electron chi connectivity index (χ1n) is 6.70. The lowest BCUT2D eigenvalue weighted by Gasteiger charge is -2.10. The van der Waals surface area contributed by atoms with E-state index in [1.807, 2.05) is 0 Å². The number of carbonyl (C=O) groups is 3. The van der Waals surface area contributed by atoms with Gasteiger partial charge in [0, 0.05) is 0 Å². The first-order chi connectivity index (χ1) is 10.0. The Balaban J connectivity index is 3.22. The van der Waals surface area contributed by atoms with E-state index in [0.717, 1.165) is 0 Å². The van der Waals surface area contributed by atoms with Gasteiger partial charge in [-0.25, -0.2) is 14.4 Å². The maximum atomic E-state index is 11.9. The lowest BCUT2D eigenvalue weighted by atomic mass is 10.0. The molecule has 6 nitrogen and oxygen atoms in total. The third-order valence-electron chi connectivity index (χ3n) is 2.52. The summed E-state index contributed by atoms with van der Waals surface area (Å²) in [4.78, 5) is 35.5. The SMILES string of the molecule is CCOC(=O)c1ccc(C(=O)OCC)c(C(=O)OCC)c1. The fourth-order valence-electron chi connectivity index (χ4n) is 1.65. The lowest BCUT2D eigenvalue weighted by Crippen LogP contribution is -2.16. The fraction of sp³-hybridized carbons (Fsp3) is 0.400. The number of hydrogen-bond donors (Lipinski definition) is 0. The Bertz CT molecular complexity index is 535. The van der Waals surface area contributed by atoms with E-state index in [0.29, 0.717) is 0 Å². The summed E-state index contributed by atoms with van der Waals surface area (Å²) in [6.45, 7) is 5.54. The van der Waals surface area contributed by atoms with Crippen molar-refractivity contribution in [3.8, 4) is 0 Å². The summed E-state index contributed by atoms with van der Waals surface area (Å²) in [7, 11) is 0. The molecule has 1 aromatic rings.